The van der Waals surface area contributed by atoms with E-state index >= 15 is 0 Å². The highest BCUT2D eigenvalue weighted by Gasteiger charge is 2.25. The van der Waals surface area contributed by atoms with Crippen LogP contribution in [0.5, 0.6) is 0 Å². The molecule has 14 heavy (non-hydrogen) atoms. The largest absolute Gasteiger partial charge is 0.314 e. The van der Waals surface area contributed by atoms with E-state index in [0.717, 1.165) is 12.5 Å². The Kier molecular flexibility index (Phi) is 3.60. The summed E-state index contributed by atoms with van der Waals surface area (Å²) in [4.78, 5) is 0. The summed E-state index contributed by atoms with van der Waals surface area (Å²) in [5.74, 6) is 1.03. The fourth-order valence-electron chi connectivity index (χ4n) is 1.98. The van der Waals surface area contributed by atoms with Crippen molar-refractivity contribution < 1.29 is 0 Å². The lowest BCUT2D eigenvalue weighted by atomic mass is 10.0. The highest BCUT2D eigenvalue weighted by molar-refractivity contribution is 7.07. The molecular weight excluding hydrogens is 190 g/mol. The van der Waals surface area contributed by atoms with Crippen molar-refractivity contribution in [1.29, 1.82) is 0 Å². The Hall–Kier alpha value is -0.340. The van der Waals surface area contributed by atoms with E-state index in [-0.39, 0.29) is 0 Å². The molecule has 1 fully saturated rings. The van der Waals surface area contributed by atoms with Crippen LogP contribution in [0.1, 0.15) is 31.7 Å². The summed E-state index contributed by atoms with van der Waals surface area (Å²) in [5.41, 5.74) is 1.50. The molecule has 0 radical (unpaired) electrons. The molecule has 0 aromatic carbocycles. The van der Waals surface area contributed by atoms with Crippen LogP contribution in [0.25, 0.3) is 0 Å². The number of likely N-dealkylation sites (N-methyl/N-ethyl adjacent to an activating group) is 1. The van der Waals surface area contributed by atoms with Crippen molar-refractivity contribution in [3.8, 4) is 0 Å². The van der Waals surface area contributed by atoms with E-state index < -0.39 is 0 Å². The second-order valence-corrected chi connectivity index (χ2v) is 5.05. The van der Waals surface area contributed by atoms with Crippen molar-refractivity contribution >= 4 is 11.3 Å². The zero-order valence-electron chi connectivity index (χ0n) is 8.83. The van der Waals surface area contributed by atoms with Gasteiger partial charge in [-0.1, -0.05) is 19.8 Å². The molecule has 1 atom stereocenters. The third kappa shape index (κ3) is 3.10. The molecule has 1 aliphatic rings. The molecule has 78 valence electrons. The molecule has 1 N–H and O–H groups in total. The van der Waals surface area contributed by atoms with E-state index in [4.69, 9.17) is 0 Å². The summed E-state index contributed by atoms with van der Waals surface area (Å²) < 4.78 is 0. The van der Waals surface area contributed by atoms with Crippen LogP contribution in [0.15, 0.2) is 16.8 Å². The Morgan fingerprint density at radius 1 is 1.57 bits per heavy atom. The van der Waals surface area contributed by atoms with Crippen LogP contribution in [0.2, 0.25) is 0 Å². The summed E-state index contributed by atoms with van der Waals surface area (Å²) in [5, 5.41) is 8.05. The highest BCUT2D eigenvalue weighted by atomic mass is 32.1. The molecule has 0 amide bonds. The Labute approximate surface area is 90.5 Å². The first-order valence-corrected chi connectivity index (χ1v) is 6.57. The number of nitrogens with one attached hydrogen (secondary N) is 1. The van der Waals surface area contributed by atoms with E-state index in [1.807, 2.05) is 0 Å². The predicted molar refractivity (Wildman–Crippen MR) is 62.8 cm³/mol. The number of thiophene rings is 1. The lowest BCUT2D eigenvalue weighted by Gasteiger charge is -2.16. The Morgan fingerprint density at radius 2 is 2.43 bits per heavy atom. The molecule has 0 aliphatic heterocycles. The van der Waals surface area contributed by atoms with Gasteiger partial charge < -0.3 is 5.32 Å². The van der Waals surface area contributed by atoms with Gasteiger partial charge in [0.15, 0.2) is 0 Å². The van der Waals surface area contributed by atoms with Gasteiger partial charge in [-0.05, 0) is 47.7 Å². The van der Waals surface area contributed by atoms with E-state index in [9.17, 15) is 0 Å². The Balaban J connectivity index is 1.82. The van der Waals surface area contributed by atoms with Crippen LogP contribution in [-0.2, 0) is 6.42 Å². The summed E-state index contributed by atoms with van der Waals surface area (Å²) in [6, 6.07) is 2.96. The molecule has 2 heteroatoms. The number of hydrogen-bond donors (Lipinski definition) is 1. The third-order valence-corrected chi connectivity index (χ3v) is 3.60. The lowest BCUT2D eigenvalue weighted by Crippen LogP contribution is -2.31. The molecule has 1 unspecified atom stereocenters. The second-order valence-electron chi connectivity index (χ2n) is 4.27. The van der Waals surface area contributed by atoms with E-state index in [1.165, 1.54) is 31.2 Å². The van der Waals surface area contributed by atoms with Crippen LogP contribution < -0.4 is 5.32 Å². The molecule has 0 saturated heterocycles. The molecule has 1 heterocycles. The van der Waals surface area contributed by atoms with E-state index in [2.05, 4.69) is 29.1 Å². The second kappa shape index (κ2) is 4.94. The predicted octanol–water partition coefficient (Wildman–Crippen LogP) is 3.07. The number of rotatable bonds is 6. The maximum atomic E-state index is 3.60. The molecular formula is C12H19NS. The van der Waals surface area contributed by atoms with Gasteiger partial charge in [-0.15, -0.1) is 0 Å². The van der Waals surface area contributed by atoms with Gasteiger partial charge in [-0.2, -0.15) is 11.3 Å². The highest BCUT2D eigenvalue weighted by Crippen LogP contribution is 2.34. The maximum absolute atomic E-state index is 3.60. The first kappa shape index (κ1) is 10.2. The average molecular weight is 209 g/mol. The van der Waals surface area contributed by atoms with E-state index in [0.29, 0.717) is 6.04 Å². The first-order valence-electron chi connectivity index (χ1n) is 5.63. The topological polar surface area (TPSA) is 12.0 Å². The average Bonchev–Trinajstić information content (AvgIpc) is 2.81. The lowest BCUT2D eigenvalue weighted by molar-refractivity contribution is 0.466. The van der Waals surface area contributed by atoms with Gasteiger partial charge in [-0.25, -0.2) is 0 Å². The summed E-state index contributed by atoms with van der Waals surface area (Å²) in [6.45, 7) is 3.30. The van der Waals surface area contributed by atoms with Gasteiger partial charge in [0.05, 0.1) is 0 Å². The minimum atomic E-state index is 0.710. The van der Waals surface area contributed by atoms with Crippen molar-refractivity contribution in [3.63, 3.8) is 0 Å². The molecule has 1 aliphatic carbocycles. The van der Waals surface area contributed by atoms with E-state index in [1.54, 1.807) is 11.3 Å². The molecule has 1 saturated carbocycles. The molecule has 1 aromatic rings. The minimum Gasteiger partial charge on any atom is -0.314 e. The Morgan fingerprint density at radius 3 is 3.00 bits per heavy atom. The van der Waals surface area contributed by atoms with Gasteiger partial charge in [0.2, 0.25) is 0 Å². The van der Waals surface area contributed by atoms with Crippen molar-refractivity contribution in [3.05, 3.63) is 22.4 Å². The van der Waals surface area contributed by atoms with Crippen LogP contribution in [-0.4, -0.2) is 12.6 Å². The summed E-state index contributed by atoms with van der Waals surface area (Å²) in [7, 11) is 0. The zero-order valence-corrected chi connectivity index (χ0v) is 9.65. The Bertz CT molecular complexity index is 251. The molecule has 0 bridgehead atoms. The van der Waals surface area contributed by atoms with Gasteiger partial charge in [0, 0.05) is 6.04 Å². The van der Waals surface area contributed by atoms with Crippen molar-refractivity contribution in [1.82, 2.24) is 5.32 Å². The van der Waals surface area contributed by atoms with Gasteiger partial charge in [-0.3, -0.25) is 0 Å². The fourth-order valence-corrected chi connectivity index (χ4v) is 2.66. The molecule has 1 aromatic heterocycles. The van der Waals surface area contributed by atoms with Crippen LogP contribution >= 0.6 is 11.3 Å². The van der Waals surface area contributed by atoms with Crippen LogP contribution in [0.3, 0.4) is 0 Å². The first-order chi connectivity index (χ1) is 6.88. The monoisotopic (exact) mass is 209 g/mol. The third-order valence-electron chi connectivity index (χ3n) is 2.87. The smallest absolute Gasteiger partial charge is 0.0110 e. The van der Waals surface area contributed by atoms with Gasteiger partial charge in [0.1, 0.15) is 0 Å². The normalized spacial score (nSPS) is 18.4. The van der Waals surface area contributed by atoms with Crippen molar-refractivity contribution in [2.75, 3.05) is 6.54 Å². The SMILES string of the molecule is CCNC(Cc1ccsc1)CC1CC1. The van der Waals surface area contributed by atoms with Crippen LogP contribution in [0, 0.1) is 5.92 Å². The van der Waals surface area contributed by atoms with Gasteiger partial charge in [0.25, 0.3) is 0 Å². The number of hydrogen-bond acceptors (Lipinski definition) is 2. The zero-order chi connectivity index (χ0) is 9.80. The standard InChI is InChI=1S/C12H19NS/c1-2-13-12(7-10-3-4-10)8-11-5-6-14-9-11/h5-6,9-10,12-13H,2-4,7-8H2,1H3. The summed E-state index contributed by atoms with van der Waals surface area (Å²) >= 11 is 1.81. The van der Waals surface area contributed by atoms with Crippen molar-refractivity contribution in [2.45, 2.75) is 38.6 Å². The molecule has 0 spiro atoms. The quantitative estimate of drug-likeness (QED) is 0.759. The fraction of sp³-hybridized carbons (Fsp3) is 0.667. The van der Waals surface area contributed by atoms with Crippen LogP contribution in [0.4, 0.5) is 0 Å². The van der Waals surface area contributed by atoms with Crippen molar-refractivity contribution in [2.24, 2.45) is 5.92 Å². The minimum absolute atomic E-state index is 0.710. The molecule has 1 nitrogen and oxygen atoms in total. The summed E-state index contributed by atoms with van der Waals surface area (Å²) in [6.07, 6.45) is 5.52. The molecule has 2 rings (SSSR count). The maximum Gasteiger partial charge on any atom is 0.0110 e. The van der Waals surface area contributed by atoms with Gasteiger partial charge >= 0.3 is 0 Å².